The third kappa shape index (κ3) is 3.68. The van der Waals surface area contributed by atoms with Crippen molar-refractivity contribution in [2.24, 2.45) is 0 Å². The molecule has 2 rings (SSSR count). The first-order chi connectivity index (χ1) is 9.10. The molecule has 2 aromatic rings. The largest absolute Gasteiger partial charge is 0.244 e. The maximum absolute atomic E-state index is 13.1. The summed E-state index contributed by atoms with van der Waals surface area (Å²) in [5, 5.41) is 0. The van der Waals surface area contributed by atoms with Crippen molar-refractivity contribution < 1.29 is 8.78 Å². The number of nitrogens with zero attached hydrogens (tertiary/aromatic N) is 2. The molecule has 100 valence electrons. The number of benzene rings is 1. The smallest absolute Gasteiger partial charge is 0.126 e. The van der Waals surface area contributed by atoms with Crippen LogP contribution in [0.4, 0.5) is 8.78 Å². The first kappa shape index (κ1) is 14.3. The normalized spacial score (nSPS) is 12.4. The highest BCUT2D eigenvalue weighted by molar-refractivity contribution is 9.10. The SMILES string of the molecule is Fc1cc(F)cc(C[C@@H](NCl)c2ncncc2Br)c1. The average Bonchev–Trinajstić information content (AvgIpc) is 2.36. The Balaban J connectivity index is 2.26. The van der Waals surface area contributed by atoms with Gasteiger partial charge in [-0.25, -0.2) is 23.6 Å². The fourth-order valence-corrected chi connectivity index (χ4v) is 2.41. The predicted molar refractivity (Wildman–Crippen MR) is 71.5 cm³/mol. The van der Waals surface area contributed by atoms with Crippen molar-refractivity contribution in [2.45, 2.75) is 12.5 Å². The zero-order valence-corrected chi connectivity index (χ0v) is 11.9. The number of aromatic nitrogens is 2. The molecule has 0 bridgehead atoms. The lowest BCUT2D eigenvalue weighted by atomic mass is 10.0. The van der Waals surface area contributed by atoms with Crippen molar-refractivity contribution in [3.8, 4) is 0 Å². The molecular weight excluding hydrogens is 340 g/mol. The molecule has 0 aliphatic rings. The highest BCUT2D eigenvalue weighted by Gasteiger charge is 2.16. The van der Waals surface area contributed by atoms with Gasteiger partial charge in [0.15, 0.2) is 0 Å². The quantitative estimate of drug-likeness (QED) is 0.859. The molecule has 0 saturated heterocycles. The van der Waals surface area contributed by atoms with Crippen molar-refractivity contribution in [3.05, 3.63) is 58.1 Å². The molecule has 7 heteroatoms. The summed E-state index contributed by atoms with van der Waals surface area (Å²) < 4.78 is 26.9. The van der Waals surface area contributed by atoms with Gasteiger partial charge in [-0.2, -0.15) is 0 Å². The molecule has 1 N–H and O–H groups in total. The number of nitrogens with one attached hydrogen (secondary N) is 1. The Morgan fingerprint density at radius 1 is 1.26 bits per heavy atom. The molecular formula is C12H9BrClF2N3. The second kappa shape index (κ2) is 6.36. The molecule has 1 heterocycles. The van der Waals surface area contributed by atoms with E-state index in [1.165, 1.54) is 18.5 Å². The molecule has 0 spiro atoms. The summed E-state index contributed by atoms with van der Waals surface area (Å²) in [6.07, 6.45) is 3.26. The van der Waals surface area contributed by atoms with Crippen LogP contribution in [0, 0.1) is 11.6 Å². The van der Waals surface area contributed by atoms with Crippen LogP contribution in [0.1, 0.15) is 17.3 Å². The van der Waals surface area contributed by atoms with Gasteiger partial charge in [-0.3, -0.25) is 0 Å². The van der Waals surface area contributed by atoms with Gasteiger partial charge in [-0.1, -0.05) is 0 Å². The van der Waals surface area contributed by atoms with Gasteiger partial charge in [0, 0.05) is 12.3 Å². The maximum Gasteiger partial charge on any atom is 0.126 e. The Kier molecular flexibility index (Phi) is 4.79. The van der Waals surface area contributed by atoms with Crippen molar-refractivity contribution in [1.82, 2.24) is 14.8 Å². The molecule has 3 nitrogen and oxygen atoms in total. The van der Waals surface area contributed by atoms with E-state index in [1.54, 1.807) is 6.20 Å². The van der Waals surface area contributed by atoms with Crippen LogP contribution in [-0.2, 0) is 6.42 Å². The van der Waals surface area contributed by atoms with Crippen LogP contribution >= 0.6 is 27.7 Å². The van der Waals surface area contributed by atoms with E-state index in [0.717, 1.165) is 6.07 Å². The van der Waals surface area contributed by atoms with Gasteiger partial charge in [0.2, 0.25) is 0 Å². The standard InChI is InChI=1S/C12H9BrClF2N3/c13-10-5-17-6-18-12(10)11(19-14)3-7-1-8(15)4-9(16)2-7/h1-2,4-6,11,19H,3H2/t11-/m1/s1. The molecule has 0 aliphatic carbocycles. The third-order valence-electron chi connectivity index (χ3n) is 2.52. The summed E-state index contributed by atoms with van der Waals surface area (Å²) in [4.78, 5) is 10.5. The minimum atomic E-state index is -0.620. The summed E-state index contributed by atoms with van der Waals surface area (Å²) in [6.45, 7) is 0. The highest BCUT2D eigenvalue weighted by Crippen LogP contribution is 2.24. The van der Waals surface area contributed by atoms with Crippen molar-refractivity contribution >= 4 is 27.7 Å². The Hall–Kier alpha value is -1.11. The number of halogens is 4. The minimum Gasteiger partial charge on any atom is -0.244 e. The van der Waals surface area contributed by atoms with E-state index in [1.807, 2.05) is 0 Å². The molecule has 1 atom stereocenters. The fraction of sp³-hybridized carbons (Fsp3) is 0.167. The van der Waals surface area contributed by atoms with Crippen molar-refractivity contribution in [3.63, 3.8) is 0 Å². The lowest BCUT2D eigenvalue weighted by molar-refractivity contribution is 0.571. The van der Waals surface area contributed by atoms with E-state index in [9.17, 15) is 8.78 Å². The zero-order valence-electron chi connectivity index (χ0n) is 9.58. The summed E-state index contributed by atoms with van der Waals surface area (Å²) >= 11 is 8.99. The lowest BCUT2D eigenvalue weighted by Crippen LogP contribution is -2.17. The van der Waals surface area contributed by atoms with Crippen LogP contribution in [-0.4, -0.2) is 9.97 Å². The van der Waals surface area contributed by atoms with Crippen LogP contribution in [0.2, 0.25) is 0 Å². The van der Waals surface area contributed by atoms with Crippen LogP contribution in [0.5, 0.6) is 0 Å². The van der Waals surface area contributed by atoms with E-state index < -0.39 is 11.6 Å². The Morgan fingerprint density at radius 3 is 2.53 bits per heavy atom. The lowest BCUT2D eigenvalue weighted by Gasteiger charge is -2.15. The summed E-state index contributed by atoms with van der Waals surface area (Å²) in [7, 11) is 0. The third-order valence-corrected chi connectivity index (χ3v) is 3.39. The van der Waals surface area contributed by atoms with E-state index in [-0.39, 0.29) is 6.04 Å². The van der Waals surface area contributed by atoms with E-state index in [0.29, 0.717) is 22.2 Å². The average molecular weight is 349 g/mol. The summed E-state index contributed by atoms with van der Waals surface area (Å²) in [5.74, 6) is -1.24. The summed E-state index contributed by atoms with van der Waals surface area (Å²) in [5.41, 5.74) is 1.11. The number of hydrogen-bond acceptors (Lipinski definition) is 3. The van der Waals surface area contributed by atoms with Crippen LogP contribution in [0.25, 0.3) is 0 Å². The van der Waals surface area contributed by atoms with Gasteiger partial charge in [0.1, 0.15) is 18.0 Å². The summed E-state index contributed by atoms with van der Waals surface area (Å²) in [6, 6.07) is 2.96. The van der Waals surface area contributed by atoms with Crippen LogP contribution in [0.3, 0.4) is 0 Å². The highest BCUT2D eigenvalue weighted by atomic mass is 79.9. The second-order valence-corrected chi connectivity index (χ2v) is 4.97. The predicted octanol–water partition coefficient (Wildman–Crippen LogP) is 3.54. The minimum absolute atomic E-state index is 0.299. The first-order valence-electron chi connectivity index (χ1n) is 5.36. The van der Waals surface area contributed by atoms with Crippen LogP contribution < -0.4 is 4.84 Å². The molecule has 19 heavy (non-hydrogen) atoms. The van der Waals surface area contributed by atoms with E-state index in [4.69, 9.17) is 11.8 Å². The molecule has 0 amide bonds. The number of hydrogen-bond donors (Lipinski definition) is 1. The van der Waals surface area contributed by atoms with Crippen molar-refractivity contribution in [2.75, 3.05) is 0 Å². The fourth-order valence-electron chi connectivity index (χ4n) is 1.73. The van der Waals surface area contributed by atoms with Gasteiger partial charge < -0.3 is 0 Å². The van der Waals surface area contributed by atoms with Gasteiger partial charge in [0.05, 0.1) is 16.2 Å². The molecule has 0 saturated carbocycles. The molecule has 0 aliphatic heterocycles. The van der Waals surface area contributed by atoms with E-state index in [2.05, 4.69) is 30.7 Å². The first-order valence-corrected chi connectivity index (χ1v) is 6.53. The van der Waals surface area contributed by atoms with Gasteiger partial charge in [0.25, 0.3) is 0 Å². The van der Waals surface area contributed by atoms with Gasteiger partial charge in [-0.15, -0.1) is 0 Å². The van der Waals surface area contributed by atoms with Gasteiger partial charge in [-0.05, 0) is 51.8 Å². The second-order valence-electron chi connectivity index (χ2n) is 3.90. The molecule has 0 fully saturated rings. The Morgan fingerprint density at radius 2 is 1.95 bits per heavy atom. The molecule has 1 aromatic carbocycles. The monoisotopic (exact) mass is 347 g/mol. The topological polar surface area (TPSA) is 37.8 Å². The molecule has 0 radical (unpaired) electrons. The Labute approximate surface area is 122 Å². The van der Waals surface area contributed by atoms with Crippen molar-refractivity contribution in [1.29, 1.82) is 0 Å². The number of rotatable bonds is 4. The maximum atomic E-state index is 13.1. The molecule has 1 aromatic heterocycles. The van der Waals surface area contributed by atoms with Gasteiger partial charge >= 0.3 is 0 Å². The molecule has 0 unspecified atom stereocenters. The van der Waals surface area contributed by atoms with Crippen LogP contribution in [0.15, 0.2) is 35.2 Å². The Bertz CT molecular complexity index is 562. The van der Waals surface area contributed by atoms with E-state index >= 15 is 0 Å². The zero-order chi connectivity index (χ0) is 13.8.